The van der Waals surface area contributed by atoms with Crippen molar-refractivity contribution in [2.45, 2.75) is 13.8 Å². The number of anilines is 2. The van der Waals surface area contributed by atoms with Crippen LogP contribution in [0.25, 0.3) is 22.7 Å². The Labute approximate surface area is 179 Å². The first-order chi connectivity index (χ1) is 14.5. The van der Waals surface area contributed by atoms with Crippen molar-refractivity contribution in [1.29, 1.82) is 0 Å². The second-order valence-electron chi connectivity index (χ2n) is 7.02. The van der Waals surface area contributed by atoms with Gasteiger partial charge in [0.2, 0.25) is 5.89 Å². The molecular formula is C24H20ClN3O2. The molecule has 0 aliphatic heterocycles. The molecule has 0 saturated carbocycles. The molecule has 2 N–H and O–H groups in total. The molecular weight excluding hydrogens is 398 g/mol. The van der Waals surface area contributed by atoms with Crippen LogP contribution in [0.15, 0.2) is 77.4 Å². The third-order valence-corrected chi connectivity index (χ3v) is 4.91. The number of oxazole rings is 1. The molecule has 6 heteroatoms. The molecule has 0 atom stereocenters. The van der Waals surface area contributed by atoms with Crippen molar-refractivity contribution in [2.24, 2.45) is 0 Å². The highest BCUT2D eigenvalue weighted by molar-refractivity contribution is 6.30. The zero-order chi connectivity index (χ0) is 21.1. The number of carbonyl (C=O) groups excluding carboxylic acids is 1. The number of halogens is 1. The molecule has 1 heterocycles. The van der Waals surface area contributed by atoms with E-state index in [0.717, 1.165) is 22.4 Å². The summed E-state index contributed by atoms with van der Waals surface area (Å²) in [7, 11) is 0. The first-order valence-corrected chi connectivity index (χ1v) is 9.83. The van der Waals surface area contributed by atoms with Crippen LogP contribution in [0.5, 0.6) is 0 Å². The second kappa shape index (κ2) is 8.43. The first kappa shape index (κ1) is 19.7. The Bertz CT molecular complexity index is 1180. The zero-order valence-corrected chi connectivity index (χ0v) is 17.3. The van der Waals surface area contributed by atoms with Gasteiger partial charge in [0.25, 0.3) is 0 Å². The van der Waals surface area contributed by atoms with Crippen LogP contribution < -0.4 is 10.6 Å². The fraction of sp³-hybridized carbons (Fsp3) is 0.0833. The Hall–Kier alpha value is -3.57. The number of amides is 2. The molecule has 0 radical (unpaired) electrons. The minimum absolute atomic E-state index is 0.335. The maximum atomic E-state index is 12.2. The number of hydrogen-bond acceptors (Lipinski definition) is 3. The van der Waals surface area contributed by atoms with Crippen molar-refractivity contribution in [3.05, 3.63) is 89.1 Å². The fourth-order valence-corrected chi connectivity index (χ4v) is 3.28. The summed E-state index contributed by atoms with van der Waals surface area (Å²) in [6.45, 7) is 4.13. The number of nitrogens with zero attached hydrogens (tertiary/aromatic N) is 1. The molecule has 30 heavy (non-hydrogen) atoms. The number of aryl methyl sites for hydroxylation is 2. The highest BCUT2D eigenvalue weighted by Crippen LogP contribution is 2.28. The van der Waals surface area contributed by atoms with Gasteiger partial charge in [0.15, 0.2) is 0 Å². The number of carbonyl (C=O) groups is 1. The van der Waals surface area contributed by atoms with Gasteiger partial charge >= 0.3 is 6.03 Å². The third-order valence-electron chi connectivity index (χ3n) is 4.65. The normalized spacial score (nSPS) is 10.6. The van der Waals surface area contributed by atoms with Crippen molar-refractivity contribution in [2.75, 3.05) is 10.6 Å². The third kappa shape index (κ3) is 4.53. The summed E-state index contributed by atoms with van der Waals surface area (Å²) in [5, 5.41) is 6.16. The number of aromatic nitrogens is 1. The molecule has 0 bridgehead atoms. The van der Waals surface area contributed by atoms with Crippen molar-refractivity contribution in [1.82, 2.24) is 4.98 Å². The molecule has 1 aromatic heterocycles. The van der Waals surface area contributed by atoms with Gasteiger partial charge in [-0.3, -0.25) is 0 Å². The van der Waals surface area contributed by atoms with Gasteiger partial charge in [-0.1, -0.05) is 35.4 Å². The standard InChI is InChI=1S/C24H20ClN3O2/c1-15-3-12-21(16(2)13-15)22-14-30-23(28-22)17-4-8-19(9-5-17)26-24(29)27-20-10-6-18(25)7-11-20/h3-14H,1-2H3,(H2,26,27,29). The number of benzene rings is 3. The minimum Gasteiger partial charge on any atom is -0.444 e. The van der Waals surface area contributed by atoms with Crippen LogP contribution >= 0.6 is 11.6 Å². The van der Waals surface area contributed by atoms with E-state index in [1.807, 2.05) is 12.1 Å². The average Bonchev–Trinajstić information content (AvgIpc) is 3.20. The molecule has 0 aliphatic rings. The summed E-state index contributed by atoms with van der Waals surface area (Å²) in [4.78, 5) is 16.8. The summed E-state index contributed by atoms with van der Waals surface area (Å²) >= 11 is 5.85. The van der Waals surface area contributed by atoms with Gasteiger partial charge in [-0.15, -0.1) is 0 Å². The van der Waals surface area contributed by atoms with Gasteiger partial charge < -0.3 is 15.1 Å². The van der Waals surface area contributed by atoms with Gasteiger partial charge in [0.1, 0.15) is 12.0 Å². The quantitative estimate of drug-likeness (QED) is 0.378. The predicted molar refractivity (Wildman–Crippen MR) is 121 cm³/mol. The van der Waals surface area contributed by atoms with E-state index >= 15 is 0 Å². The van der Waals surface area contributed by atoms with E-state index in [1.165, 1.54) is 5.56 Å². The summed E-state index contributed by atoms with van der Waals surface area (Å²) in [5.41, 5.74) is 6.36. The van der Waals surface area contributed by atoms with E-state index in [1.54, 1.807) is 42.7 Å². The Balaban J connectivity index is 1.44. The maximum absolute atomic E-state index is 12.2. The summed E-state index contributed by atoms with van der Waals surface area (Å²) in [5.74, 6) is 0.530. The van der Waals surface area contributed by atoms with Crippen LogP contribution in [0, 0.1) is 13.8 Å². The lowest BCUT2D eigenvalue weighted by Crippen LogP contribution is -2.19. The number of nitrogens with one attached hydrogen (secondary N) is 2. The van der Waals surface area contributed by atoms with E-state index in [2.05, 4.69) is 47.7 Å². The van der Waals surface area contributed by atoms with Crippen molar-refractivity contribution >= 4 is 29.0 Å². The van der Waals surface area contributed by atoms with Crippen LogP contribution in [0.2, 0.25) is 5.02 Å². The Morgan fingerprint density at radius 1 is 0.900 bits per heavy atom. The highest BCUT2D eigenvalue weighted by Gasteiger charge is 2.11. The van der Waals surface area contributed by atoms with Gasteiger partial charge in [0, 0.05) is 27.5 Å². The minimum atomic E-state index is -0.335. The summed E-state index contributed by atoms with van der Waals surface area (Å²) < 4.78 is 5.68. The van der Waals surface area contributed by atoms with Gasteiger partial charge in [-0.2, -0.15) is 0 Å². The molecule has 3 aromatic carbocycles. The molecule has 5 nitrogen and oxygen atoms in total. The predicted octanol–water partition coefficient (Wildman–Crippen LogP) is 6.92. The molecule has 0 unspecified atom stereocenters. The lowest BCUT2D eigenvalue weighted by atomic mass is 10.0. The Kier molecular flexibility index (Phi) is 5.55. The van der Waals surface area contributed by atoms with Crippen LogP contribution in [-0.4, -0.2) is 11.0 Å². The summed E-state index contributed by atoms with van der Waals surface area (Å²) in [6.07, 6.45) is 1.67. The van der Waals surface area contributed by atoms with Crippen LogP contribution in [-0.2, 0) is 0 Å². The van der Waals surface area contributed by atoms with Gasteiger partial charge in [-0.25, -0.2) is 9.78 Å². The number of rotatable bonds is 4. The average molecular weight is 418 g/mol. The van der Waals surface area contributed by atoms with Crippen molar-refractivity contribution < 1.29 is 9.21 Å². The molecule has 0 saturated heterocycles. The fourth-order valence-electron chi connectivity index (χ4n) is 3.15. The lowest BCUT2D eigenvalue weighted by molar-refractivity contribution is 0.262. The van der Waals surface area contributed by atoms with Crippen LogP contribution in [0.4, 0.5) is 16.2 Å². The van der Waals surface area contributed by atoms with Gasteiger partial charge in [0.05, 0.1) is 0 Å². The van der Waals surface area contributed by atoms with Gasteiger partial charge in [-0.05, 0) is 67.9 Å². The zero-order valence-electron chi connectivity index (χ0n) is 16.6. The molecule has 4 rings (SSSR count). The molecule has 0 fully saturated rings. The molecule has 2 amide bonds. The SMILES string of the molecule is Cc1ccc(-c2coc(-c3ccc(NC(=O)Nc4ccc(Cl)cc4)cc3)n2)c(C)c1. The van der Waals surface area contributed by atoms with Crippen LogP contribution in [0.1, 0.15) is 11.1 Å². The second-order valence-corrected chi connectivity index (χ2v) is 7.46. The van der Waals surface area contributed by atoms with Crippen LogP contribution in [0.3, 0.4) is 0 Å². The molecule has 4 aromatic rings. The monoisotopic (exact) mass is 417 g/mol. The van der Waals surface area contributed by atoms with E-state index < -0.39 is 0 Å². The van der Waals surface area contributed by atoms with E-state index in [0.29, 0.717) is 22.3 Å². The summed E-state index contributed by atoms with van der Waals surface area (Å²) in [6, 6.07) is 20.1. The topological polar surface area (TPSA) is 67.2 Å². The Morgan fingerprint density at radius 3 is 2.17 bits per heavy atom. The first-order valence-electron chi connectivity index (χ1n) is 9.45. The highest BCUT2D eigenvalue weighted by atomic mass is 35.5. The molecule has 0 aliphatic carbocycles. The number of hydrogen-bond donors (Lipinski definition) is 2. The lowest BCUT2D eigenvalue weighted by Gasteiger charge is -2.08. The smallest absolute Gasteiger partial charge is 0.323 e. The Morgan fingerprint density at radius 2 is 1.53 bits per heavy atom. The van der Waals surface area contributed by atoms with E-state index in [-0.39, 0.29) is 6.03 Å². The van der Waals surface area contributed by atoms with E-state index in [9.17, 15) is 4.79 Å². The van der Waals surface area contributed by atoms with Crippen molar-refractivity contribution in [3.8, 4) is 22.7 Å². The molecule has 150 valence electrons. The van der Waals surface area contributed by atoms with Crippen molar-refractivity contribution in [3.63, 3.8) is 0 Å². The van der Waals surface area contributed by atoms with E-state index in [4.69, 9.17) is 16.0 Å². The number of urea groups is 1. The largest absolute Gasteiger partial charge is 0.444 e. The maximum Gasteiger partial charge on any atom is 0.323 e. The molecule has 0 spiro atoms.